The minimum atomic E-state index is -3.00. The van der Waals surface area contributed by atoms with Gasteiger partial charge in [-0.15, -0.1) is 0 Å². The molecule has 1 aliphatic carbocycles. The van der Waals surface area contributed by atoms with Crippen molar-refractivity contribution in [2.45, 2.75) is 51.3 Å². The van der Waals surface area contributed by atoms with Gasteiger partial charge in [0.15, 0.2) is 23.0 Å². The zero-order valence-electron chi connectivity index (χ0n) is 19.1. The van der Waals surface area contributed by atoms with E-state index in [9.17, 15) is 18.4 Å². The lowest BCUT2D eigenvalue weighted by molar-refractivity contribution is -0.124. The normalized spacial score (nSPS) is 18.8. The van der Waals surface area contributed by atoms with Gasteiger partial charge in [-0.2, -0.15) is 8.78 Å². The highest BCUT2D eigenvalue weighted by Crippen LogP contribution is 2.37. The third kappa shape index (κ3) is 5.14. The van der Waals surface area contributed by atoms with Gasteiger partial charge in [-0.05, 0) is 56.7 Å². The molecule has 184 valence electrons. The number of nitrogens with zero attached hydrogens (tertiary/aromatic N) is 2. The van der Waals surface area contributed by atoms with E-state index in [1.807, 2.05) is 0 Å². The lowest BCUT2D eigenvalue weighted by atomic mass is 10.1. The summed E-state index contributed by atoms with van der Waals surface area (Å²) in [5.74, 6) is 0.00677. The molecule has 2 amide bonds. The second-order valence-electron chi connectivity index (χ2n) is 8.59. The molecular formula is C23H28F2N4O5. The number of hydrogen-bond donors (Lipinski definition) is 2. The molecule has 34 heavy (non-hydrogen) atoms. The molecule has 4 rings (SSSR count). The van der Waals surface area contributed by atoms with Gasteiger partial charge in [-0.1, -0.05) is 0 Å². The number of amides is 2. The monoisotopic (exact) mass is 478 g/mol. The van der Waals surface area contributed by atoms with Crippen molar-refractivity contribution in [1.29, 1.82) is 0 Å². The second-order valence-corrected chi connectivity index (χ2v) is 8.59. The molecule has 2 fully saturated rings. The molecule has 11 heteroatoms. The number of rotatable bonds is 9. The number of carbonyl (C=O) groups excluding carboxylic acids is 2. The summed E-state index contributed by atoms with van der Waals surface area (Å²) in [4.78, 5) is 31.4. The highest BCUT2D eigenvalue weighted by molar-refractivity contribution is 5.97. The first-order valence-electron chi connectivity index (χ1n) is 11.3. The van der Waals surface area contributed by atoms with Gasteiger partial charge in [0.25, 0.3) is 5.91 Å². The number of likely N-dealkylation sites (tertiary alicyclic amines) is 1. The summed E-state index contributed by atoms with van der Waals surface area (Å²) in [7, 11) is 1.52. The van der Waals surface area contributed by atoms with E-state index in [-0.39, 0.29) is 34.8 Å². The van der Waals surface area contributed by atoms with Crippen LogP contribution >= 0.6 is 0 Å². The molecule has 1 aliphatic heterocycles. The quantitative estimate of drug-likeness (QED) is 0.568. The largest absolute Gasteiger partial charge is 0.489 e. The summed E-state index contributed by atoms with van der Waals surface area (Å²) in [6.45, 7) is -0.542. The third-order valence-corrected chi connectivity index (χ3v) is 5.91. The summed E-state index contributed by atoms with van der Waals surface area (Å²) in [6, 6.07) is 3.10. The summed E-state index contributed by atoms with van der Waals surface area (Å²) < 4.78 is 41.8. The molecular weight excluding hydrogens is 450 g/mol. The number of hydrogen-bond acceptors (Lipinski definition) is 7. The van der Waals surface area contributed by atoms with Crippen molar-refractivity contribution < 1.29 is 32.3 Å². The van der Waals surface area contributed by atoms with Crippen molar-refractivity contribution in [3.05, 3.63) is 29.7 Å². The Hall–Kier alpha value is -3.21. The molecule has 0 spiro atoms. The van der Waals surface area contributed by atoms with Gasteiger partial charge in [0.1, 0.15) is 6.04 Å². The molecule has 1 saturated heterocycles. The highest BCUT2D eigenvalue weighted by Gasteiger charge is 2.37. The highest BCUT2D eigenvalue weighted by atomic mass is 19.3. The van der Waals surface area contributed by atoms with E-state index in [1.165, 1.54) is 30.1 Å². The molecule has 3 N–H and O–H groups in total. The van der Waals surface area contributed by atoms with E-state index in [4.69, 9.17) is 14.9 Å². The molecule has 1 saturated carbocycles. The Balaban J connectivity index is 1.66. The number of likely N-dealkylation sites (N-methyl/N-ethyl adjacent to an activating group) is 1. The third-order valence-electron chi connectivity index (χ3n) is 5.91. The lowest BCUT2D eigenvalue weighted by Gasteiger charge is -2.22. The average molecular weight is 478 g/mol. The van der Waals surface area contributed by atoms with E-state index < -0.39 is 24.6 Å². The fourth-order valence-corrected chi connectivity index (χ4v) is 3.94. The molecule has 9 nitrogen and oxygen atoms in total. The van der Waals surface area contributed by atoms with Crippen molar-refractivity contribution in [2.24, 2.45) is 11.7 Å². The number of halogens is 2. The van der Waals surface area contributed by atoms with E-state index in [2.05, 4.69) is 15.0 Å². The van der Waals surface area contributed by atoms with Crippen LogP contribution in [0, 0.1) is 5.92 Å². The van der Waals surface area contributed by atoms with Crippen LogP contribution in [0.15, 0.2) is 22.6 Å². The van der Waals surface area contributed by atoms with E-state index in [1.54, 1.807) is 6.92 Å². The van der Waals surface area contributed by atoms with Gasteiger partial charge in [-0.25, -0.2) is 4.98 Å². The van der Waals surface area contributed by atoms with Crippen LogP contribution in [0.4, 0.5) is 8.78 Å². The Bertz CT molecular complexity index is 1050. The van der Waals surface area contributed by atoms with Gasteiger partial charge in [0.2, 0.25) is 11.8 Å². The number of nitrogens with two attached hydrogens (primary N) is 1. The molecule has 1 aromatic carbocycles. The predicted octanol–water partition coefficient (Wildman–Crippen LogP) is 3.10. The second kappa shape index (κ2) is 9.96. The molecule has 1 aromatic heterocycles. The fraction of sp³-hybridized carbons (Fsp3) is 0.522. The van der Waals surface area contributed by atoms with E-state index in [0.717, 1.165) is 12.8 Å². The van der Waals surface area contributed by atoms with Crippen LogP contribution in [-0.4, -0.2) is 54.6 Å². The summed E-state index contributed by atoms with van der Waals surface area (Å²) in [6.07, 6.45) is 3.30. The first-order valence-corrected chi connectivity index (χ1v) is 11.3. The number of nitrogens with one attached hydrogen (secondary N) is 1. The number of benzene rings is 1. The van der Waals surface area contributed by atoms with Crippen LogP contribution in [0.25, 0.3) is 11.5 Å². The standard InChI is InChI=1S/C23H28F2N4O5/c1-12(26)19-18(22(31)29-9-3-4-15(29)20(30)27-2)28-21(34-19)14-7-8-16(33-23(24)25)17(10-14)32-11-13-5-6-13/h7-8,10,12-13,15,23H,3-6,9,11,26H2,1-2H3,(H,27,30)/t12-,15-/m0/s1. The first kappa shape index (κ1) is 23.9. The van der Waals surface area contributed by atoms with E-state index >= 15 is 0 Å². The lowest BCUT2D eigenvalue weighted by Crippen LogP contribution is -2.45. The molecule has 2 aromatic rings. The van der Waals surface area contributed by atoms with Crippen molar-refractivity contribution >= 4 is 11.8 Å². The van der Waals surface area contributed by atoms with Crippen molar-refractivity contribution in [3.8, 4) is 23.0 Å². The summed E-state index contributed by atoms with van der Waals surface area (Å²) in [5, 5.41) is 2.58. The molecule has 0 radical (unpaired) electrons. The van der Waals surface area contributed by atoms with E-state index in [0.29, 0.717) is 37.5 Å². The minimum Gasteiger partial charge on any atom is -0.489 e. The minimum absolute atomic E-state index is 0.0224. The number of alkyl halides is 2. The van der Waals surface area contributed by atoms with Gasteiger partial charge < -0.3 is 29.8 Å². The van der Waals surface area contributed by atoms with Crippen LogP contribution in [0.1, 0.15) is 54.9 Å². The zero-order valence-corrected chi connectivity index (χ0v) is 19.1. The summed E-state index contributed by atoms with van der Waals surface area (Å²) in [5.41, 5.74) is 6.48. The van der Waals surface area contributed by atoms with Gasteiger partial charge in [-0.3, -0.25) is 9.59 Å². The van der Waals surface area contributed by atoms with Crippen LogP contribution in [0.3, 0.4) is 0 Å². The molecule has 2 atom stereocenters. The number of aromatic nitrogens is 1. The van der Waals surface area contributed by atoms with Crippen molar-refractivity contribution in [3.63, 3.8) is 0 Å². The Labute approximate surface area is 195 Å². The van der Waals surface area contributed by atoms with Crippen LogP contribution < -0.4 is 20.5 Å². The number of carbonyl (C=O) groups is 2. The fourth-order valence-electron chi connectivity index (χ4n) is 3.94. The predicted molar refractivity (Wildman–Crippen MR) is 118 cm³/mol. The Morgan fingerprint density at radius 1 is 1.29 bits per heavy atom. The Kier molecular flexibility index (Phi) is 7.01. The van der Waals surface area contributed by atoms with Gasteiger partial charge >= 0.3 is 6.61 Å². The molecule has 2 heterocycles. The summed E-state index contributed by atoms with van der Waals surface area (Å²) >= 11 is 0. The SMILES string of the molecule is CNC(=O)[C@@H]1CCCN1C(=O)c1nc(-c2ccc(OC(F)F)c(OCC3CC3)c2)oc1[C@H](C)N. The van der Waals surface area contributed by atoms with Crippen LogP contribution in [0.5, 0.6) is 11.5 Å². The molecule has 0 unspecified atom stereocenters. The first-order chi connectivity index (χ1) is 16.3. The topological polar surface area (TPSA) is 120 Å². The maximum Gasteiger partial charge on any atom is 0.387 e. The zero-order chi connectivity index (χ0) is 24.4. The van der Waals surface area contributed by atoms with Crippen LogP contribution in [-0.2, 0) is 4.79 Å². The molecule has 2 aliphatic rings. The maximum atomic E-state index is 13.3. The Morgan fingerprint density at radius 2 is 2.06 bits per heavy atom. The van der Waals surface area contributed by atoms with Gasteiger partial charge in [0, 0.05) is 19.2 Å². The van der Waals surface area contributed by atoms with Crippen molar-refractivity contribution in [2.75, 3.05) is 20.2 Å². The van der Waals surface area contributed by atoms with Crippen molar-refractivity contribution in [1.82, 2.24) is 15.2 Å². The smallest absolute Gasteiger partial charge is 0.387 e. The number of oxazole rings is 1. The molecule has 0 bridgehead atoms. The Morgan fingerprint density at radius 3 is 2.71 bits per heavy atom. The van der Waals surface area contributed by atoms with Crippen LogP contribution in [0.2, 0.25) is 0 Å². The number of ether oxygens (including phenoxy) is 2. The average Bonchev–Trinajstić information content (AvgIpc) is 3.32. The van der Waals surface area contributed by atoms with Gasteiger partial charge in [0.05, 0.1) is 12.6 Å². The maximum absolute atomic E-state index is 13.3.